The van der Waals surface area contributed by atoms with Crippen LogP contribution in [0.15, 0.2) is 29.6 Å². The number of hydrogen-bond donors (Lipinski definition) is 1. The van der Waals surface area contributed by atoms with Crippen molar-refractivity contribution in [3.05, 3.63) is 46.7 Å². The van der Waals surface area contributed by atoms with Crippen LogP contribution < -0.4 is 5.32 Å². The highest BCUT2D eigenvalue weighted by Gasteiger charge is 2.15. The van der Waals surface area contributed by atoms with Crippen LogP contribution in [0.2, 0.25) is 0 Å². The number of benzene rings is 1. The van der Waals surface area contributed by atoms with Crippen LogP contribution in [0.25, 0.3) is 0 Å². The molecule has 0 aliphatic carbocycles. The van der Waals surface area contributed by atoms with Crippen molar-refractivity contribution in [3.63, 3.8) is 0 Å². The first-order valence-corrected chi connectivity index (χ1v) is 6.88. The van der Waals surface area contributed by atoms with Crippen LogP contribution in [0.5, 0.6) is 0 Å². The molecule has 0 spiro atoms. The fourth-order valence-electron chi connectivity index (χ4n) is 1.81. The highest BCUT2D eigenvalue weighted by molar-refractivity contribution is 7.03. The molecule has 1 aromatic heterocycles. The van der Waals surface area contributed by atoms with Crippen molar-refractivity contribution in [2.75, 3.05) is 6.54 Å². The van der Waals surface area contributed by atoms with E-state index in [1.54, 1.807) is 6.07 Å². The van der Waals surface area contributed by atoms with E-state index in [-0.39, 0.29) is 11.9 Å². The van der Waals surface area contributed by atoms with Crippen LogP contribution in [0, 0.1) is 5.82 Å². The molecule has 0 saturated heterocycles. The maximum absolute atomic E-state index is 13.7. The van der Waals surface area contributed by atoms with E-state index in [4.69, 9.17) is 0 Å². The SMILES string of the molecule is CCCNC(Cc1ccccc1F)c1csnn1. The van der Waals surface area contributed by atoms with E-state index in [0.29, 0.717) is 12.0 Å². The van der Waals surface area contributed by atoms with Gasteiger partial charge in [-0.2, -0.15) is 0 Å². The van der Waals surface area contributed by atoms with Crippen molar-refractivity contribution < 1.29 is 4.39 Å². The summed E-state index contributed by atoms with van der Waals surface area (Å²) in [5, 5.41) is 9.37. The number of aromatic nitrogens is 2. The van der Waals surface area contributed by atoms with Gasteiger partial charge in [0.25, 0.3) is 0 Å². The lowest BCUT2D eigenvalue weighted by Crippen LogP contribution is -2.24. The second-order valence-corrected chi connectivity index (χ2v) is 4.74. The van der Waals surface area contributed by atoms with Crippen molar-refractivity contribution in [1.82, 2.24) is 14.9 Å². The Balaban J connectivity index is 2.13. The Kier molecular flexibility index (Phi) is 4.78. The first-order chi connectivity index (χ1) is 8.81. The average molecular weight is 265 g/mol. The Labute approximate surface area is 110 Å². The zero-order valence-corrected chi connectivity index (χ0v) is 11.1. The molecule has 2 aromatic rings. The molecule has 0 radical (unpaired) electrons. The first-order valence-electron chi connectivity index (χ1n) is 6.05. The van der Waals surface area contributed by atoms with Gasteiger partial charge in [-0.1, -0.05) is 29.6 Å². The Bertz CT molecular complexity index is 473. The summed E-state index contributed by atoms with van der Waals surface area (Å²) in [6, 6.07) is 6.90. The van der Waals surface area contributed by atoms with Crippen LogP contribution in [-0.4, -0.2) is 16.1 Å². The lowest BCUT2D eigenvalue weighted by atomic mass is 10.0. The van der Waals surface area contributed by atoms with Gasteiger partial charge < -0.3 is 5.32 Å². The quantitative estimate of drug-likeness (QED) is 0.872. The van der Waals surface area contributed by atoms with Gasteiger partial charge in [0, 0.05) is 5.38 Å². The molecule has 3 nitrogen and oxygen atoms in total. The van der Waals surface area contributed by atoms with Crippen molar-refractivity contribution in [3.8, 4) is 0 Å². The minimum atomic E-state index is -0.163. The molecule has 0 saturated carbocycles. The lowest BCUT2D eigenvalue weighted by molar-refractivity contribution is 0.502. The number of hydrogen-bond acceptors (Lipinski definition) is 4. The van der Waals surface area contributed by atoms with Gasteiger partial charge in [-0.3, -0.25) is 0 Å². The molecule has 1 aromatic carbocycles. The fraction of sp³-hybridized carbons (Fsp3) is 0.385. The number of nitrogens with zero attached hydrogens (tertiary/aromatic N) is 2. The van der Waals surface area contributed by atoms with Crippen molar-refractivity contribution in [2.45, 2.75) is 25.8 Å². The van der Waals surface area contributed by atoms with Gasteiger partial charge in [0.15, 0.2) is 0 Å². The fourth-order valence-corrected chi connectivity index (χ4v) is 2.32. The molecule has 5 heteroatoms. The standard InChI is InChI=1S/C13H16FN3S/c1-2-7-15-12(13-9-18-17-16-13)8-10-5-3-4-6-11(10)14/h3-6,9,12,15H,2,7-8H2,1H3. The lowest BCUT2D eigenvalue weighted by Gasteiger charge is -2.16. The molecule has 0 aliphatic rings. The number of rotatable bonds is 6. The molecule has 0 bridgehead atoms. The third-order valence-electron chi connectivity index (χ3n) is 2.76. The molecule has 1 unspecified atom stereocenters. The second-order valence-electron chi connectivity index (χ2n) is 4.13. The van der Waals surface area contributed by atoms with Gasteiger partial charge in [0.2, 0.25) is 0 Å². The molecule has 0 amide bonds. The van der Waals surface area contributed by atoms with Gasteiger partial charge in [0.1, 0.15) is 5.82 Å². The minimum absolute atomic E-state index is 0.0283. The smallest absolute Gasteiger partial charge is 0.126 e. The Hall–Kier alpha value is -1.33. The summed E-state index contributed by atoms with van der Waals surface area (Å²) < 4.78 is 17.5. The topological polar surface area (TPSA) is 37.8 Å². The van der Waals surface area contributed by atoms with Crippen molar-refractivity contribution in [1.29, 1.82) is 0 Å². The summed E-state index contributed by atoms with van der Waals surface area (Å²) in [6.07, 6.45) is 1.63. The van der Waals surface area contributed by atoms with Crippen LogP contribution in [-0.2, 0) is 6.42 Å². The van der Waals surface area contributed by atoms with Gasteiger partial charge >= 0.3 is 0 Å². The average Bonchev–Trinajstić information content (AvgIpc) is 2.90. The largest absolute Gasteiger partial charge is 0.308 e. The Morgan fingerprint density at radius 1 is 1.39 bits per heavy atom. The van der Waals surface area contributed by atoms with E-state index in [1.165, 1.54) is 17.6 Å². The number of nitrogens with one attached hydrogen (secondary N) is 1. The summed E-state index contributed by atoms with van der Waals surface area (Å²) in [7, 11) is 0. The molecule has 1 heterocycles. The summed E-state index contributed by atoms with van der Waals surface area (Å²) in [4.78, 5) is 0. The summed E-state index contributed by atoms with van der Waals surface area (Å²) >= 11 is 1.32. The molecule has 96 valence electrons. The summed E-state index contributed by atoms with van der Waals surface area (Å²) in [5.74, 6) is -0.163. The predicted octanol–water partition coefficient (Wildman–Crippen LogP) is 2.96. The van der Waals surface area contributed by atoms with Crippen molar-refractivity contribution >= 4 is 11.5 Å². The van der Waals surface area contributed by atoms with Gasteiger partial charge in [-0.05, 0) is 42.5 Å². The zero-order chi connectivity index (χ0) is 12.8. The highest BCUT2D eigenvalue weighted by atomic mass is 32.1. The number of halogens is 1. The molecule has 0 aliphatic heterocycles. The molecule has 0 fully saturated rings. The van der Waals surface area contributed by atoms with Crippen molar-refractivity contribution in [2.24, 2.45) is 0 Å². The van der Waals surface area contributed by atoms with Gasteiger partial charge in [0.05, 0.1) is 11.7 Å². The molecule has 1 atom stereocenters. The van der Waals surface area contributed by atoms with E-state index in [0.717, 1.165) is 18.7 Å². The molecule has 2 rings (SSSR count). The van der Waals surface area contributed by atoms with E-state index in [1.807, 2.05) is 17.5 Å². The Morgan fingerprint density at radius 3 is 2.89 bits per heavy atom. The molecule has 1 N–H and O–H groups in total. The van der Waals surface area contributed by atoms with E-state index in [9.17, 15) is 4.39 Å². The van der Waals surface area contributed by atoms with Crippen LogP contribution in [0.3, 0.4) is 0 Å². The van der Waals surface area contributed by atoms with Gasteiger partial charge in [-0.25, -0.2) is 4.39 Å². The highest BCUT2D eigenvalue weighted by Crippen LogP contribution is 2.19. The monoisotopic (exact) mass is 265 g/mol. The molecular weight excluding hydrogens is 249 g/mol. The maximum atomic E-state index is 13.7. The normalized spacial score (nSPS) is 12.6. The Morgan fingerprint density at radius 2 is 2.22 bits per heavy atom. The third-order valence-corrected chi connectivity index (χ3v) is 3.28. The van der Waals surface area contributed by atoms with Crippen LogP contribution >= 0.6 is 11.5 Å². The van der Waals surface area contributed by atoms with E-state index < -0.39 is 0 Å². The molecule has 18 heavy (non-hydrogen) atoms. The molecular formula is C13H16FN3S. The minimum Gasteiger partial charge on any atom is -0.308 e. The van der Waals surface area contributed by atoms with Crippen LogP contribution in [0.4, 0.5) is 4.39 Å². The van der Waals surface area contributed by atoms with Gasteiger partial charge in [-0.15, -0.1) is 5.10 Å². The predicted molar refractivity (Wildman–Crippen MR) is 71.0 cm³/mol. The summed E-state index contributed by atoms with van der Waals surface area (Å²) in [6.45, 7) is 2.99. The third kappa shape index (κ3) is 3.34. The van der Waals surface area contributed by atoms with E-state index in [2.05, 4.69) is 21.8 Å². The first kappa shape index (κ1) is 13.1. The summed E-state index contributed by atoms with van der Waals surface area (Å²) in [5.41, 5.74) is 1.59. The zero-order valence-electron chi connectivity index (χ0n) is 10.3. The maximum Gasteiger partial charge on any atom is 0.126 e. The van der Waals surface area contributed by atoms with Crippen LogP contribution in [0.1, 0.15) is 30.6 Å². The van der Waals surface area contributed by atoms with E-state index >= 15 is 0 Å². The second kappa shape index (κ2) is 6.56.